The van der Waals surface area contributed by atoms with E-state index in [-0.39, 0.29) is 13.2 Å². The van der Waals surface area contributed by atoms with Crippen LogP contribution in [0.15, 0.2) is 0 Å². The molecule has 2 rings (SSSR count). The Morgan fingerprint density at radius 3 is 2.09 bits per heavy atom. The predicted molar refractivity (Wildman–Crippen MR) is 80.6 cm³/mol. The third kappa shape index (κ3) is 4.40. The Labute approximate surface area is 136 Å². The minimum atomic E-state index is -4.93. The molecule has 1 saturated carbocycles. The number of hydrogen-bond acceptors (Lipinski definition) is 3. The van der Waals surface area contributed by atoms with Crippen LogP contribution in [-0.4, -0.2) is 30.5 Å². The Morgan fingerprint density at radius 2 is 1.61 bits per heavy atom. The molecule has 1 heterocycles. The SMILES string of the molecule is CCCCCC1CCC(C2(C)COC(O)(C(F)(F)F)OC2)CC1. The largest absolute Gasteiger partial charge is 0.473 e. The molecule has 0 radical (unpaired) electrons. The standard InChI is InChI=1S/C17H29F3O3/c1-3-4-5-6-13-7-9-14(10-8-13)15(2)11-22-17(21,23-12-15)16(18,19)20/h13-14,21H,3-12H2,1-2H3. The van der Waals surface area contributed by atoms with Crippen molar-refractivity contribution in [2.75, 3.05) is 13.2 Å². The maximum Gasteiger partial charge on any atom is 0.473 e. The molecule has 0 aromatic carbocycles. The summed E-state index contributed by atoms with van der Waals surface area (Å²) in [6.45, 7) is 3.87. The van der Waals surface area contributed by atoms with Gasteiger partial charge in [0.1, 0.15) is 0 Å². The summed E-state index contributed by atoms with van der Waals surface area (Å²) in [5.74, 6) is -2.40. The number of aliphatic hydroxyl groups is 1. The van der Waals surface area contributed by atoms with Crippen LogP contribution < -0.4 is 0 Å². The zero-order valence-corrected chi connectivity index (χ0v) is 14.1. The molecule has 1 saturated heterocycles. The van der Waals surface area contributed by atoms with Gasteiger partial charge in [-0.15, -0.1) is 0 Å². The Bertz CT molecular complexity index is 368. The monoisotopic (exact) mass is 338 g/mol. The van der Waals surface area contributed by atoms with Crippen LogP contribution >= 0.6 is 0 Å². The zero-order chi connectivity index (χ0) is 17.1. The Kier molecular flexibility index (Phi) is 6.01. The second-order valence-corrected chi connectivity index (χ2v) is 7.52. The lowest BCUT2D eigenvalue weighted by atomic mass is 9.67. The highest BCUT2D eigenvalue weighted by molar-refractivity contribution is 4.89. The summed E-state index contributed by atoms with van der Waals surface area (Å²) in [6.07, 6.45) is 4.38. The smallest absolute Gasteiger partial charge is 0.336 e. The molecular weight excluding hydrogens is 309 g/mol. The van der Waals surface area contributed by atoms with Crippen molar-refractivity contribution in [3.05, 3.63) is 0 Å². The van der Waals surface area contributed by atoms with Gasteiger partial charge in [-0.25, -0.2) is 0 Å². The number of alkyl halides is 3. The van der Waals surface area contributed by atoms with Crippen LogP contribution in [0.1, 0.15) is 65.2 Å². The number of hydrogen-bond donors (Lipinski definition) is 1. The number of ether oxygens (including phenoxy) is 2. The lowest BCUT2D eigenvalue weighted by Gasteiger charge is -2.47. The lowest BCUT2D eigenvalue weighted by Crippen LogP contribution is -2.58. The van der Waals surface area contributed by atoms with Crippen molar-refractivity contribution in [2.45, 2.75) is 77.4 Å². The van der Waals surface area contributed by atoms with Crippen LogP contribution in [0.5, 0.6) is 0 Å². The Morgan fingerprint density at radius 1 is 1.04 bits per heavy atom. The third-order valence-electron chi connectivity index (χ3n) is 5.60. The first-order chi connectivity index (χ1) is 10.7. The molecule has 0 aromatic heterocycles. The minimum absolute atomic E-state index is 0.117. The second kappa shape index (κ2) is 7.28. The molecule has 0 spiro atoms. The molecule has 6 heteroatoms. The number of unbranched alkanes of at least 4 members (excludes halogenated alkanes) is 2. The Balaban J connectivity index is 1.82. The van der Waals surface area contributed by atoms with E-state index in [0.29, 0.717) is 5.92 Å². The molecule has 2 fully saturated rings. The van der Waals surface area contributed by atoms with Crippen LogP contribution in [0.4, 0.5) is 13.2 Å². The number of rotatable bonds is 5. The van der Waals surface area contributed by atoms with E-state index in [0.717, 1.165) is 31.6 Å². The first-order valence-corrected chi connectivity index (χ1v) is 8.77. The van der Waals surface area contributed by atoms with Crippen LogP contribution in [0, 0.1) is 17.3 Å². The van der Waals surface area contributed by atoms with Crippen molar-refractivity contribution in [3.63, 3.8) is 0 Å². The fraction of sp³-hybridized carbons (Fsp3) is 1.00. The molecule has 2 aliphatic rings. The molecule has 1 aliphatic carbocycles. The van der Waals surface area contributed by atoms with Crippen molar-refractivity contribution in [2.24, 2.45) is 17.3 Å². The lowest BCUT2D eigenvalue weighted by molar-refractivity contribution is -0.497. The molecule has 1 aliphatic heterocycles. The van der Waals surface area contributed by atoms with E-state index in [9.17, 15) is 18.3 Å². The van der Waals surface area contributed by atoms with E-state index in [1.807, 2.05) is 6.92 Å². The van der Waals surface area contributed by atoms with Gasteiger partial charge < -0.3 is 14.6 Å². The highest BCUT2D eigenvalue weighted by Gasteiger charge is 2.61. The molecule has 136 valence electrons. The zero-order valence-electron chi connectivity index (χ0n) is 14.1. The molecule has 0 bridgehead atoms. The molecule has 23 heavy (non-hydrogen) atoms. The summed E-state index contributed by atoms with van der Waals surface area (Å²) in [5, 5.41) is 9.43. The normalized spacial score (nSPS) is 39.4. The second-order valence-electron chi connectivity index (χ2n) is 7.52. The molecule has 0 aromatic rings. The van der Waals surface area contributed by atoms with Gasteiger partial charge in [0.25, 0.3) is 0 Å². The summed E-state index contributed by atoms with van der Waals surface area (Å²) in [4.78, 5) is 0. The van der Waals surface area contributed by atoms with Crippen molar-refractivity contribution in [3.8, 4) is 0 Å². The van der Waals surface area contributed by atoms with Crippen LogP contribution in [0.3, 0.4) is 0 Å². The van der Waals surface area contributed by atoms with Gasteiger partial charge in [0, 0.05) is 5.41 Å². The molecule has 0 atom stereocenters. The van der Waals surface area contributed by atoms with Crippen LogP contribution in [0.25, 0.3) is 0 Å². The van der Waals surface area contributed by atoms with Crippen molar-refractivity contribution in [1.82, 2.24) is 0 Å². The molecule has 0 amide bonds. The highest BCUT2D eigenvalue weighted by Crippen LogP contribution is 2.47. The fourth-order valence-electron chi connectivity index (χ4n) is 3.84. The topological polar surface area (TPSA) is 38.7 Å². The van der Waals surface area contributed by atoms with Gasteiger partial charge in [-0.3, -0.25) is 0 Å². The fourth-order valence-corrected chi connectivity index (χ4v) is 3.84. The molecular formula is C17H29F3O3. The van der Waals surface area contributed by atoms with Crippen molar-refractivity contribution >= 4 is 0 Å². The van der Waals surface area contributed by atoms with E-state index in [1.54, 1.807) is 0 Å². The summed E-state index contributed by atoms with van der Waals surface area (Å²) in [5.41, 5.74) is -0.453. The maximum absolute atomic E-state index is 12.7. The van der Waals surface area contributed by atoms with E-state index in [4.69, 9.17) is 9.47 Å². The molecule has 3 nitrogen and oxygen atoms in total. The summed E-state index contributed by atoms with van der Waals surface area (Å²) < 4.78 is 47.6. The quantitative estimate of drug-likeness (QED) is 0.743. The van der Waals surface area contributed by atoms with E-state index < -0.39 is 17.6 Å². The average Bonchev–Trinajstić information content (AvgIpc) is 2.50. The van der Waals surface area contributed by atoms with Crippen LogP contribution in [-0.2, 0) is 9.47 Å². The first-order valence-electron chi connectivity index (χ1n) is 8.77. The average molecular weight is 338 g/mol. The van der Waals surface area contributed by atoms with Gasteiger partial charge in [-0.05, 0) is 24.7 Å². The summed E-state index contributed by atoms with van der Waals surface area (Å²) >= 11 is 0. The number of halogens is 3. The first kappa shape index (κ1) is 19.0. The van der Waals surface area contributed by atoms with Gasteiger partial charge in [-0.2, -0.15) is 13.2 Å². The van der Waals surface area contributed by atoms with Crippen LogP contribution in [0.2, 0.25) is 0 Å². The highest BCUT2D eigenvalue weighted by atomic mass is 19.4. The van der Waals surface area contributed by atoms with Gasteiger partial charge in [0.05, 0.1) is 13.2 Å². The van der Waals surface area contributed by atoms with Gasteiger partial charge in [0.15, 0.2) is 0 Å². The van der Waals surface area contributed by atoms with E-state index in [2.05, 4.69) is 6.92 Å². The molecule has 0 unspecified atom stereocenters. The predicted octanol–water partition coefficient (Wildman–Crippen LogP) is 4.63. The third-order valence-corrected chi connectivity index (χ3v) is 5.60. The van der Waals surface area contributed by atoms with E-state index >= 15 is 0 Å². The van der Waals surface area contributed by atoms with Gasteiger partial charge >= 0.3 is 12.1 Å². The summed E-state index contributed by atoms with van der Waals surface area (Å²) in [7, 11) is 0. The van der Waals surface area contributed by atoms with E-state index in [1.165, 1.54) is 25.7 Å². The van der Waals surface area contributed by atoms with Gasteiger partial charge in [0.2, 0.25) is 0 Å². The Hall–Kier alpha value is -0.330. The maximum atomic E-state index is 12.7. The van der Waals surface area contributed by atoms with Crippen molar-refractivity contribution in [1.29, 1.82) is 0 Å². The van der Waals surface area contributed by atoms with Crippen molar-refractivity contribution < 1.29 is 27.8 Å². The molecule has 1 N–H and O–H groups in total. The van der Waals surface area contributed by atoms with Gasteiger partial charge in [-0.1, -0.05) is 52.4 Å². The summed E-state index contributed by atoms with van der Waals surface area (Å²) in [6, 6.07) is 0. The minimum Gasteiger partial charge on any atom is -0.336 e.